The van der Waals surface area contributed by atoms with Crippen LogP contribution in [0.4, 0.5) is 5.69 Å². The molecule has 0 unspecified atom stereocenters. The fraction of sp³-hybridized carbons (Fsp3) is 0.148. The summed E-state index contributed by atoms with van der Waals surface area (Å²) in [5.41, 5.74) is 2.78. The summed E-state index contributed by atoms with van der Waals surface area (Å²) in [6.45, 7) is 2.60. The number of hydrogen-bond donors (Lipinski definition) is 2. The molecule has 0 atom stereocenters. The predicted molar refractivity (Wildman–Crippen MR) is 137 cm³/mol. The van der Waals surface area contributed by atoms with E-state index in [1.807, 2.05) is 19.1 Å². The van der Waals surface area contributed by atoms with E-state index in [1.165, 1.54) is 0 Å². The highest BCUT2D eigenvalue weighted by atomic mass is 16.5. The number of pyridine rings is 2. The summed E-state index contributed by atoms with van der Waals surface area (Å²) in [6, 6.07) is 16.0. The van der Waals surface area contributed by atoms with Gasteiger partial charge in [0.2, 0.25) is 5.91 Å². The van der Waals surface area contributed by atoms with Crippen molar-refractivity contribution in [3.63, 3.8) is 0 Å². The number of carbonyl (C=O) groups excluding carboxylic acids is 2. The van der Waals surface area contributed by atoms with Crippen LogP contribution < -0.4 is 15.4 Å². The molecule has 0 saturated carbocycles. The Kier molecular flexibility index (Phi) is 6.89. The van der Waals surface area contributed by atoms with Gasteiger partial charge in [0.25, 0.3) is 5.91 Å². The monoisotopic (exact) mass is 496 g/mol. The lowest BCUT2D eigenvalue weighted by molar-refractivity contribution is -0.115. The average molecular weight is 497 g/mol. The topological polar surface area (TPSA) is 124 Å². The molecule has 0 aliphatic heterocycles. The number of aromatic nitrogens is 4. The van der Waals surface area contributed by atoms with Crippen LogP contribution in [-0.4, -0.2) is 44.7 Å². The number of benzene rings is 1. The average Bonchev–Trinajstić information content (AvgIpc) is 3.59. The van der Waals surface area contributed by atoms with Gasteiger partial charge < -0.3 is 19.8 Å². The van der Waals surface area contributed by atoms with Gasteiger partial charge in [0.05, 0.1) is 42.3 Å². The first-order chi connectivity index (χ1) is 18.1. The zero-order valence-electron chi connectivity index (χ0n) is 20.0. The summed E-state index contributed by atoms with van der Waals surface area (Å²) in [5, 5.41) is 10.5. The van der Waals surface area contributed by atoms with E-state index in [-0.39, 0.29) is 12.5 Å². The Bertz CT molecular complexity index is 1510. The molecule has 5 aromatic rings. The summed E-state index contributed by atoms with van der Waals surface area (Å²) in [4.78, 5) is 34.6. The maximum atomic E-state index is 13.2. The minimum Gasteiger partial charge on any atom is -0.494 e. The summed E-state index contributed by atoms with van der Waals surface area (Å²) >= 11 is 0. The minimum absolute atomic E-state index is 0.210. The van der Waals surface area contributed by atoms with Gasteiger partial charge in [0, 0.05) is 23.6 Å². The van der Waals surface area contributed by atoms with Crippen LogP contribution in [0.15, 0.2) is 83.9 Å². The quantitative estimate of drug-likeness (QED) is 0.317. The molecule has 10 nitrogen and oxygen atoms in total. The molecule has 0 radical (unpaired) electrons. The van der Waals surface area contributed by atoms with Gasteiger partial charge >= 0.3 is 0 Å². The first kappa shape index (κ1) is 23.7. The van der Waals surface area contributed by atoms with E-state index in [4.69, 9.17) is 14.1 Å². The van der Waals surface area contributed by atoms with E-state index in [9.17, 15) is 9.59 Å². The van der Waals surface area contributed by atoms with Crippen molar-refractivity contribution in [1.82, 2.24) is 25.1 Å². The van der Waals surface area contributed by atoms with Crippen molar-refractivity contribution in [3.8, 4) is 17.0 Å². The number of nitrogens with zero attached hydrogens (tertiary/aromatic N) is 4. The van der Waals surface area contributed by atoms with Crippen LogP contribution in [0.1, 0.15) is 23.0 Å². The first-order valence-corrected chi connectivity index (χ1v) is 11.7. The standard InChI is InChI=1S/C27H24N6O4/c1-2-36-20-9-7-19(8-10-20)31-25(34)16-29-27(35)22-13-24(18-5-3-11-28-14-18)32-26-23(22)15-30-33(26)17-21-6-4-12-37-21/h3-15H,2,16-17H2,1H3,(H,29,35)(H,31,34). The Morgan fingerprint density at radius 2 is 1.95 bits per heavy atom. The lowest BCUT2D eigenvalue weighted by Gasteiger charge is -2.10. The third-order valence-corrected chi connectivity index (χ3v) is 5.56. The van der Waals surface area contributed by atoms with Gasteiger partial charge in [-0.1, -0.05) is 0 Å². The number of nitrogens with one attached hydrogen (secondary N) is 2. The van der Waals surface area contributed by atoms with Gasteiger partial charge in [-0.3, -0.25) is 14.6 Å². The molecule has 1 aromatic carbocycles. The number of amides is 2. The molecule has 0 bridgehead atoms. The van der Waals surface area contributed by atoms with Crippen LogP contribution in [0.2, 0.25) is 0 Å². The molecule has 0 aliphatic carbocycles. The van der Waals surface area contributed by atoms with Crippen molar-refractivity contribution < 1.29 is 18.7 Å². The Morgan fingerprint density at radius 1 is 1.08 bits per heavy atom. The van der Waals surface area contributed by atoms with Gasteiger partial charge in [-0.05, 0) is 61.5 Å². The lowest BCUT2D eigenvalue weighted by atomic mass is 10.1. The molecule has 4 aromatic heterocycles. The summed E-state index contributed by atoms with van der Waals surface area (Å²) in [5.74, 6) is 0.642. The van der Waals surface area contributed by atoms with Crippen LogP contribution in [0, 0.1) is 0 Å². The maximum absolute atomic E-state index is 13.2. The molecule has 2 N–H and O–H groups in total. The SMILES string of the molecule is CCOc1ccc(NC(=O)CNC(=O)c2cc(-c3cccnc3)nc3c2cnn3Cc2ccco2)cc1. The summed E-state index contributed by atoms with van der Waals surface area (Å²) in [6.07, 6.45) is 6.52. The van der Waals surface area contributed by atoms with E-state index < -0.39 is 5.91 Å². The lowest BCUT2D eigenvalue weighted by Crippen LogP contribution is -2.33. The van der Waals surface area contributed by atoms with Crippen LogP contribution in [0.5, 0.6) is 5.75 Å². The van der Waals surface area contributed by atoms with Crippen molar-refractivity contribution >= 4 is 28.5 Å². The molecule has 186 valence electrons. The second-order valence-corrected chi connectivity index (χ2v) is 8.10. The number of anilines is 1. The molecule has 2 amide bonds. The fourth-order valence-corrected chi connectivity index (χ4v) is 3.83. The number of fused-ring (bicyclic) bond motifs is 1. The molecule has 10 heteroatoms. The van der Waals surface area contributed by atoms with E-state index in [0.29, 0.717) is 52.6 Å². The summed E-state index contributed by atoms with van der Waals surface area (Å²) < 4.78 is 12.5. The van der Waals surface area contributed by atoms with Crippen LogP contribution in [0.25, 0.3) is 22.3 Å². The number of hydrogen-bond acceptors (Lipinski definition) is 7. The van der Waals surface area contributed by atoms with E-state index in [1.54, 1.807) is 72.0 Å². The van der Waals surface area contributed by atoms with Crippen molar-refractivity contribution in [2.45, 2.75) is 13.5 Å². The highest BCUT2D eigenvalue weighted by molar-refractivity contribution is 6.08. The molecular weight excluding hydrogens is 472 g/mol. The third-order valence-electron chi connectivity index (χ3n) is 5.56. The van der Waals surface area contributed by atoms with Crippen LogP contribution in [0.3, 0.4) is 0 Å². The van der Waals surface area contributed by atoms with Gasteiger partial charge in [-0.25, -0.2) is 9.67 Å². The van der Waals surface area contributed by atoms with Crippen molar-refractivity contribution in [3.05, 3.63) is 90.8 Å². The maximum Gasteiger partial charge on any atom is 0.252 e. The van der Waals surface area contributed by atoms with E-state index in [0.717, 1.165) is 5.56 Å². The van der Waals surface area contributed by atoms with Crippen LogP contribution in [-0.2, 0) is 11.3 Å². The molecule has 4 heterocycles. The number of rotatable bonds is 9. The van der Waals surface area contributed by atoms with Gasteiger partial charge in [-0.15, -0.1) is 0 Å². The normalized spacial score (nSPS) is 10.8. The molecule has 37 heavy (non-hydrogen) atoms. The minimum atomic E-state index is -0.420. The molecule has 5 rings (SSSR count). The Labute approximate surface area is 212 Å². The van der Waals surface area contributed by atoms with Crippen LogP contribution >= 0.6 is 0 Å². The van der Waals surface area contributed by atoms with E-state index >= 15 is 0 Å². The van der Waals surface area contributed by atoms with Gasteiger partial charge in [-0.2, -0.15) is 5.10 Å². The van der Waals surface area contributed by atoms with Crippen molar-refractivity contribution in [2.24, 2.45) is 0 Å². The Hall–Kier alpha value is -4.99. The second kappa shape index (κ2) is 10.7. The third kappa shape index (κ3) is 5.48. The first-order valence-electron chi connectivity index (χ1n) is 11.7. The zero-order valence-corrected chi connectivity index (χ0v) is 20.0. The molecule has 0 fully saturated rings. The number of furan rings is 1. The van der Waals surface area contributed by atoms with Gasteiger partial charge in [0.1, 0.15) is 18.1 Å². The molecule has 0 aliphatic rings. The number of ether oxygens (including phenoxy) is 1. The fourth-order valence-electron chi connectivity index (χ4n) is 3.83. The molecule has 0 saturated heterocycles. The predicted octanol–water partition coefficient (Wildman–Crippen LogP) is 3.90. The van der Waals surface area contributed by atoms with E-state index in [2.05, 4.69) is 20.7 Å². The zero-order chi connectivity index (χ0) is 25.6. The smallest absolute Gasteiger partial charge is 0.252 e. The highest BCUT2D eigenvalue weighted by Crippen LogP contribution is 2.25. The highest BCUT2D eigenvalue weighted by Gasteiger charge is 2.19. The van der Waals surface area contributed by atoms with Crippen molar-refractivity contribution in [1.29, 1.82) is 0 Å². The van der Waals surface area contributed by atoms with Crippen molar-refractivity contribution in [2.75, 3.05) is 18.5 Å². The Balaban J connectivity index is 1.37. The Morgan fingerprint density at radius 3 is 2.68 bits per heavy atom. The summed E-state index contributed by atoms with van der Waals surface area (Å²) in [7, 11) is 0. The second-order valence-electron chi connectivity index (χ2n) is 8.10. The molecular formula is C27H24N6O4. The molecule has 0 spiro atoms. The number of carbonyl (C=O) groups is 2. The largest absolute Gasteiger partial charge is 0.494 e. The van der Waals surface area contributed by atoms with Gasteiger partial charge in [0.15, 0.2) is 5.65 Å².